The fourth-order valence-corrected chi connectivity index (χ4v) is 4.36. The maximum Gasteiger partial charge on any atom is 0.586 e. The van der Waals surface area contributed by atoms with E-state index in [2.05, 4.69) is 9.47 Å². The SMILES string of the molecule is [2H]c1c([2H])c(C2(C(=O)Cc3c(F)c([2H])c4c(c3[2H])c([2H])c(C(C)(C)C([2H])([2H])C)n4C[C@]([2H])(O)CO)CC2)c([2H])c2c1OC(F)(F)O2. The van der Waals surface area contributed by atoms with E-state index in [1.165, 1.54) is 20.8 Å². The molecule has 1 fully saturated rings. The lowest BCUT2D eigenvalue weighted by molar-refractivity contribution is -0.286. The number of alkyl halides is 2. The van der Waals surface area contributed by atoms with Crippen molar-refractivity contribution in [1.82, 2.24) is 4.57 Å². The normalized spacial score (nSPS) is 23.0. The largest absolute Gasteiger partial charge is 0.586 e. The van der Waals surface area contributed by atoms with E-state index in [0.29, 0.717) is 0 Å². The van der Waals surface area contributed by atoms with Crippen molar-refractivity contribution >= 4 is 16.7 Å². The number of aliphatic hydroxyl groups is 2. The number of ether oxygens (including phenoxy) is 2. The third-order valence-electron chi connectivity index (χ3n) is 6.82. The van der Waals surface area contributed by atoms with Crippen LogP contribution in [-0.4, -0.2) is 39.5 Å². The predicted octanol–water partition coefficient (Wildman–Crippen LogP) is 4.99. The Kier molecular flexibility index (Phi) is 3.97. The molecule has 5 rings (SSSR count). The lowest BCUT2D eigenvalue weighted by Gasteiger charge is -2.26. The van der Waals surface area contributed by atoms with Crippen molar-refractivity contribution in [1.29, 1.82) is 0 Å². The van der Waals surface area contributed by atoms with E-state index < -0.39 is 125 Å². The number of nitrogens with zero attached hydrogens (tertiary/aromatic N) is 1. The third-order valence-corrected chi connectivity index (χ3v) is 6.82. The molecule has 1 aliphatic carbocycles. The van der Waals surface area contributed by atoms with Gasteiger partial charge in [0.05, 0.1) is 39.8 Å². The molecule has 1 saturated carbocycles. The van der Waals surface area contributed by atoms with Gasteiger partial charge >= 0.3 is 6.29 Å². The van der Waals surface area contributed by atoms with Crippen molar-refractivity contribution in [2.24, 2.45) is 0 Å². The number of ketones is 1. The summed E-state index contributed by atoms with van der Waals surface area (Å²) in [5, 5.41) is 19.6. The van der Waals surface area contributed by atoms with Crippen LogP contribution in [0.25, 0.3) is 10.9 Å². The topological polar surface area (TPSA) is 80.9 Å². The van der Waals surface area contributed by atoms with E-state index in [9.17, 15) is 23.8 Å². The number of rotatable bonds is 9. The first-order valence-electron chi connectivity index (χ1n) is 16.0. The van der Waals surface area contributed by atoms with E-state index in [0.717, 1.165) is 4.57 Å². The number of carbonyl (C=O) groups is 1. The summed E-state index contributed by atoms with van der Waals surface area (Å²) in [7, 11) is 0. The first kappa shape index (κ1) is 16.7. The van der Waals surface area contributed by atoms with Crippen LogP contribution in [0.15, 0.2) is 36.3 Å². The maximum atomic E-state index is 16.0. The smallest absolute Gasteiger partial charge is 0.395 e. The molecule has 0 radical (unpaired) electrons. The summed E-state index contributed by atoms with van der Waals surface area (Å²) >= 11 is 0. The number of hydrogen-bond donors (Lipinski definition) is 2. The molecule has 2 N–H and O–H groups in total. The molecule has 0 unspecified atom stereocenters. The average molecular weight is 527 g/mol. The van der Waals surface area contributed by atoms with Crippen LogP contribution in [0.4, 0.5) is 13.2 Å². The van der Waals surface area contributed by atoms with Crippen LogP contribution >= 0.6 is 0 Å². The van der Waals surface area contributed by atoms with Crippen LogP contribution in [0.5, 0.6) is 11.5 Å². The van der Waals surface area contributed by atoms with E-state index in [4.69, 9.17) is 12.3 Å². The second-order valence-corrected chi connectivity index (χ2v) is 9.68. The standard InChI is InChI=1S/C28H30F3NO5/c1-4-26(2,3)24-10-17-9-16(20(29)13-21(17)32(24)14-19(34)15-33)11-25(35)27(7-8-27)18-5-6-22-23(12-18)37-28(30,31)36-22/h5-6,9-10,12-13,19,33-34H,4,7-8,11,14-15H2,1-3H3/t19-/m0/s1/i4D2,5D,6D,9D,10D,12D,13D,19D. The maximum absolute atomic E-state index is 16.0. The van der Waals surface area contributed by atoms with Gasteiger partial charge in [-0.3, -0.25) is 4.79 Å². The number of Topliss-reactive ketones (excluding diaryl/α,β-unsaturated/α-hetero) is 1. The number of aromatic nitrogens is 1. The molecular weight excluding hydrogens is 487 g/mol. The molecule has 9 heteroatoms. The lowest BCUT2D eigenvalue weighted by atomic mass is 9.86. The molecule has 1 atom stereocenters. The molecule has 2 heterocycles. The molecule has 0 amide bonds. The summed E-state index contributed by atoms with van der Waals surface area (Å²) in [5.41, 5.74) is -4.95. The Morgan fingerprint density at radius 2 is 1.95 bits per heavy atom. The van der Waals surface area contributed by atoms with Crippen molar-refractivity contribution < 1.29 is 50.0 Å². The fourth-order valence-electron chi connectivity index (χ4n) is 4.36. The molecule has 37 heavy (non-hydrogen) atoms. The fraction of sp³-hybridized carbons (Fsp3) is 0.464. The average Bonchev–Trinajstić information content (AvgIpc) is 3.58. The Labute approximate surface area is 225 Å². The van der Waals surface area contributed by atoms with Crippen LogP contribution in [0.1, 0.15) is 69.1 Å². The highest BCUT2D eigenvalue weighted by molar-refractivity contribution is 5.95. The third kappa shape index (κ3) is 4.48. The van der Waals surface area contributed by atoms with Gasteiger partial charge in [-0.2, -0.15) is 0 Å². The molecule has 1 aromatic heterocycles. The molecular formula is C28H30F3NO5. The van der Waals surface area contributed by atoms with Gasteiger partial charge in [-0.25, -0.2) is 4.39 Å². The van der Waals surface area contributed by atoms with Gasteiger partial charge < -0.3 is 24.3 Å². The van der Waals surface area contributed by atoms with Gasteiger partial charge in [0.15, 0.2) is 11.5 Å². The summed E-state index contributed by atoms with van der Waals surface area (Å²) in [6.45, 7) is 2.08. The molecule has 0 saturated heterocycles. The Morgan fingerprint density at radius 3 is 2.59 bits per heavy atom. The van der Waals surface area contributed by atoms with E-state index in [-0.39, 0.29) is 23.9 Å². The van der Waals surface area contributed by atoms with E-state index >= 15 is 4.39 Å². The van der Waals surface area contributed by atoms with Crippen LogP contribution in [0, 0.1) is 5.82 Å². The summed E-state index contributed by atoms with van der Waals surface area (Å²) in [6, 6.07) is -4.53. The molecule has 0 spiro atoms. The van der Waals surface area contributed by atoms with Crippen molar-refractivity contribution in [2.75, 3.05) is 6.61 Å². The predicted molar refractivity (Wildman–Crippen MR) is 131 cm³/mol. The molecule has 198 valence electrons. The Bertz CT molecular complexity index is 1820. The molecule has 6 nitrogen and oxygen atoms in total. The number of fused-ring (bicyclic) bond motifs is 2. The van der Waals surface area contributed by atoms with Gasteiger partial charge in [-0.05, 0) is 60.6 Å². The van der Waals surface area contributed by atoms with Crippen LogP contribution in [0.3, 0.4) is 0 Å². The second-order valence-electron chi connectivity index (χ2n) is 9.68. The van der Waals surface area contributed by atoms with Gasteiger partial charge in [0.2, 0.25) is 0 Å². The number of halogens is 3. The van der Waals surface area contributed by atoms with E-state index in [1.807, 2.05) is 0 Å². The lowest BCUT2D eigenvalue weighted by Crippen LogP contribution is -2.26. The van der Waals surface area contributed by atoms with Crippen molar-refractivity contribution in [3.05, 3.63) is 58.9 Å². The quantitative estimate of drug-likeness (QED) is 0.411. The molecule has 3 aromatic rings. The van der Waals surface area contributed by atoms with Gasteiger partial charge in [-0.1, -0.05) is 26.8 Å². The summed E-state index contributed by atoms with van der Waals surface area (Å²) in [5.74, 6) is -3.88. The van der Waals surface area contributed by atoms with Gasteiger partial charge in [0.25, 0.3) is 0 Å². The first-order valence-corrected chi connectivity index (χ1v) is 11.5. The molecule has 2 aromatic carbocycles. The monoisotopic (exact) mass is 526 g/mol. The number of aliphatic hydroxyl groups excluding tert-OH is 1. The zero-order valence-electron chi connectivity index (χ0n) is 29.2. The minimum absolute atomic E-state index is 0.00275. The van der Waals surface area contributed by atoms with Crippen LogP contribution in [-0.2, 0) is 28.6 Å². The van der Waals surface area contributed by atoms with Gasteiger partial charge in [0.1, 0.15) is 11.6 Å². The van der Waals surface area contributed by atoms with E-state index in [1.54, 1.807) is 0 Å². The zero-order chi connectivity index (χ0) is 34.7. The highest BCUT2D eigenvalue weighted by Gasteiger charge is 2.52. The van der Waals surface area contributed by atoms with Crippen LogP contribution in [0.2, 0.25) is 0 Å². The van der Waals surface area contributed by atoms with Crippen molar-refractivity contribution in [3.8, 4) is 11.5 Å². The van der Waals surface area contributed by atoms with Gasteiger partial charge in [0, 0.05) is 25.7 Å². The highest BCUT2D eigenvalue weighted by atomic mass is 19.3. The van der Waals surface area contributed by atoms with Crippen LogP contribution < -0.4 is 9.47 Å². The minimum Gasteiger partial charge on any atom is -0.395 e. The summed E-state index contributed by atoms with van der Waals surface area (Å²) < 4.78 is 129. The number of benzene rings is 2. The second kappa shape index (κ2) is 8.77. The summed E-state index contributed by atoms with van der Waals surface area (Å²) in [6.07, 6.45) is -9.77. The van der Waals surface area contributed by atoms with Crippen molar-refractivity contribution in [3.63, 3.8) is 0 Å². The molecule has 0 bridgehead atoms. The Balaban J connectivity index is 1.68. The number of hydrogen-bond acceptors (Lipinski definition) is 5. The Morgan fingerprint density at radius 1 is 1.24 bits per heavy atom. The summed E-state index contributed by atoms with van der Waals surface area (Å²) in [4.78, 5) is 13.8. The first-order chi connectivity index (χ1) is 20.9. The van der Waals surface area contributed by atoms with Gasteiger partial charge in [-0.15, -0.1) is 8.78 Å². The minimum atomic E-state index is -4.20. The zero-order valence-corrected chi connectivity index (χ0v) is 20.2. The Hall–Kier alpha value is -3.04. The molecule has 2 aliphatic rings. The van der Waals surface area contributed by atoms with Crippen molar-refractivity contribution in [2.45, 2.75) is 76.2 Å². The highest BCUT2D eigenvalue weighted by Crippen LogP contribution is 2.52. The number of carbonyl (C=O) groups excluding carboxylic acids is 1. The molecule has 1 aliphatic heterocycles.